The van der Waals surface area contributed by atoms with Crippen molar-refractivity contribution in [2.24, 2.45) is 0 Å². The summed E-state index contributed by atoms with van der Waals surface area (Å²) in [6, 6.07) is 13.1. The van der Waals surface area contributed by atoms with Crippen molar-refractivity contribution in [2.45, 2.75) is 5.92 Å². The van der Waals surface area contributed by atoms with E-state index in [1.54, 1.807) is 24.3 Å². The van der Waals surface area contributed by atoms with Gasteiger partial charge in [-0.15, -0.1) is 0 Å². The number of hydrogen-bond acceptors (Lipinski definition) is 2. The second-order valence-corrected chi connectivity index (χ2v) is 4.72. The van der Waals surface area contributed by atoms with Gasteiger partial charge in [-0.2, -0.15) is 0 Å². The van der Waals surface area contributed by atoms with Crippen molar-refractivity contribution in [2.75, 3.05) is 11.9 Å². The van der Waals surface area contributed by atoms with Crippen LogP contribution in [0.3, 0.4) is 0 Å². The van der Waals surface area contributed by atoms with E-state index in [0.717, 1.165) is 0 Å². The molecule has 0 aliphatic rings. The summed E-state index contributed by atoms with van der Waals surface area (Å²) in [6.45, 7) is 0.196. The fraction of sp³-hybridized carbons (Fsp3) is 0.133. The van der Waals surface area contributed by atoms with E-state index in [-0.39, 0.29) is 11.6 Å². The van der Waals surface area contributed by atoms with Crippen molar-refractivity contribution in [3.05, 3.63) is 64.9 Å². The van der Waals surface area contributed by atoms with E-state index in [2.05, 4.69) is 5.32 Å². The molecule has 0 saturated heterocycles. The lowest BCUT2D eigenvalue weighted by molar-refractivity contribution is -0.138. The molecule has 104 valence electrons. The maximum atomic E-state index is 13.0. The van der Waals surface area contributed by atoms with E-state index in [1.807, 2.05) is 6.07 Å². The maximum absolute atomic E-state index is 13.0. The van der Waals surface area contributed by atoms with Crippen molar-refractivity contribution in [3.63, 3.8) is 0 Å². The summed E-state index contributed by atoms with van der Waals surface area (Å²) in [5.41, 5.74) is 1.29. The van der Waals surface area contributed by atoms with E-state index < -0.39 is 17.7 Å². The molecule has 1 atom stereocenters. The molecule has 0 aliphatic heterocycles. The van der Waals surface area contributed by atoms with E-state index in [9.17, 15) is 14.3 Å². The summed E-state index contributed by atoms with van der Waals surface area (Å²) in [5.74, 6) is -2.10. The largest absolute Gasteiger partial charge is 0.481 e. The summed E-state index contributed by atoms with van der Waals surface area (Å²) >= 11 is 5.68. The minimum Gasteiger partial charge on any atom is -0.481 e. The second-order valence-electron chi connectivity index (χ2n) is 4.31. The molecule has 0 amide bonds. The van der Waals surface area contributed by atoms with E-state index in [4.69, 9.17) is 11.6 Å². The highest BCUT2D eigenvalue weighted by molar-refractivity contribution is 6.31. The maximum Gasteiger partial charge on any atom is 0.312 e. The van der Waals surface area contributed by atoms with Gasteiger partial charge in [0, 0.05) is 12.2 Å². The molecule has 2 N–H and O–H groups in total. The van der Waals surface area contributed by atoms with Crippen LogP contribution in [-0.2, 0) is 4.79 Å². The molecule has 2 aromatic rings. The number of carboxylic acids is 1. The predicted molar refractivity (Wildman–Crippen MR) is 76.7 cm³/mol. The van der Waals surface area contributed by atoms with Crippen molar-refractivity contribution in [1.29, 1.82) is 0 Å². The quantitative estimate of drug-likeness (QED) is 0.882. The topological polar surface area (TPSA) is 49.3 Å². The molecule has 0 aliphatic carbocycles. The van der Waals surface area contributed by atoms with Crippen molar-refractivity contribution < 1.29 is 14.3 Å². The van der Waals surface area contributed by atoms with Gasteiger partial charge in [-0.3, -0.25) is 4.79 Å². The van der Waals surface area contributed by atoms with Crippen LogP contribution in [0.5, 0.6) is 0 Å². The normalized spacial score (nSPS) is 11.9. The van der Waals surface area contributed by atoms with Gasteiger partial charge < -0.3 is 10.4 Å². The van der Waals surface area contributed by atoms with Gasteiger partial charge in [0.15, 0.2) is 0 Å². The van der Waals surface area contributed by atoms with Crippen LogP contribution < -0.4 is 5.32 Å². The number of carboxylic acid groups (broad SMARTS) is 1. The third-order valence-electron chi connectivity index (χ3n) is 2.93. The molecular weight excluding hydrogens is 281 g/mol. The minimum absolute atomic E-state index is 0.00147. The summed E-state index contributed by atoms with van der Waals surface area (Å²) in [6.07, 6.45) is 0. The Kier molecular flexibility index (Phi) is 4.58. The van der Waals surface area contributed by atoms with Gasteiger partial charge >= 0.3 is 5.97 Å². The molecule has 0 fully saturated rings. The summed E-state index contributed by atoms with van der Waals surface area (Å²) in [4.78, 5) is 11.3. The number of nitrogens with one attached hydrogen (secondary N) is 1. The first-order valence-corrected chi connectivity index (χ1v) is 6.42. The Labute approximate surface area is 121 Å². The minimum atomic E-state index is -0.920. The number of halogens is 2. The monoisotopic (exact) mass is 293 g/mol. The fourth-order valence-electron chi connectivity index (χ4n) is 1.86. The average Bonchev–Trinajstić information content (AvgIpc) is 2.44. The summed E-state index contributed by atoms with van der Waals surface area (Å²) in [7, 11) is 0. The van der Waals surface area contributed by atoms with Crippen molar-refractivity contribution in [1.82, 2.24) is 0 Å². The van der Waals surface area contributed by atoms with Gasteiger partial charge in [0.25, 0.3) is 0 Å². The first-order valence-electron chi connectivity index (χ1n) is 6.04. The standard InChI is InChI=1S/C15H13ClFNO2/c16-13-8-11(6-7-14(13)17)18-9-12(15(19)20)10-4-2-1-3-5-10/h1-8,12,18H,9H2,(H,19,20). The van der Waals surface area contributed by atoms with Gasteiger partial charge in [0.2, 0.25) is 0 Å². The lowest BCUT2D eigenvalue weighted by Gasteiger charge is -2.15. The number of benzene rings is 2. The first-order chi connectivity index (χ1) is 9.58. The van der Waals surface area contributed by atoms with Crippen LogP contribution in [0.1, 0.15) is 11.5 Å². The Morgan fingerprint density at radius 3 is 2.55 bits per heavy atom. The van der Waals surface area contributed by atoms with Crippen molar-refractivity contribution >= 4 is 23.3 Å². The number of anilines is 1. The highest BCUT2D eigenvalue weighted by Gasteiger charge is 2.19. The Morgan fingerprint density at radius 1 is 1.25 bits per heavy atom. The van der Waals surface area contributed by atoms with Crippen LogP contribution in [0, 0.1) is 5.82 Å². The lowest BCUT2D eigenvalue weighted by Crippen LogP contribution is -2.20. The zero-order chi connectivity index (χ0) is 14.5. The predicted octanol–water partition coefficient (Wildman–Crippen LogP) is 3.76. The van der Waals surface area contributed by atoms with Crippen LogP contribution in [0.2, 0.25) is 5.02 Å². The van der Waals surface area contributed by atoms with Crippen LogP contribution in [-0.4, -0.2) is 17.6 Å². The SMILES string of the molecule is O=C(O)C(CNc1ccc(F)c(Cl)c1)c1ccccc1. The molecule has 2 aromatic carbocycles. The van der Waals surface area contributed by atoms with E-state index >= 15 is 0 Å². The number of hydrogen-bond donors (Lipinski definition) is 2. The molecule has 5 heteroatoms. The van der Waals surface area contributed by atoms with Gasteiger partial charge in [-0.05, 0) is 23.8 Å². The van der Waals surface area contributed by atoms with Crippen molar-refractivity contribution in [3.8, 4) is 0 Å². The number of rotatable bonds is 5. The Bertz CT molecular complexity index is 604. The highest BCUT2D eigenvalue weighted by Crippen LogP contribution is 2.21. The molecule has 0 spiro atoms. The Morgan fingerprint density at radius 2 is 1.95 bits per heavy atom. The number of aliphatic carboxylic acids is 1. The summed E-state index contributed by atoms with van der Waals surface area (Å²) in [5, 5.41) is 12.2. The molecule has 0 radical (unpaired) electrons. The number of carbonyl (C=O) groups is 1. The van der Waals surface area contributed by atoms with E-state index in [0.29, 0.717) is 11.3 Å². The molecule has 1 unspecified atom stereocenters. The zero-order valence-corrected chi connectivity index (χ0v) is 11.3. The first kappa shape index (κ1) is 14.3. The van der Waals surface area contributed by atoms with Crippen LogP contribution >= 0.6 is 11.6 Å². The molecular formula is C15H13ClFNO2. The third-order valence-corrected chi connectivity index (χ3v) is 3.22. The fourth-order valence-corrected chi connectivity index (χ4v) is 2.04. The van der Waals surface area contributed by atoms with E-state index in [1.165, 1.54) is 18.2 Å². The lowest BCUT2D eigenvalue weighted by atomic mass is 9.99. The summed E-state index contributed by atoms with van der Waals surface area (Å²) < 4.78 is 13.0. The van der Waals surface area contributed by atoms with Crippen LogP contribution in [0.15, 0.2) is 48.5 Å². The molecule has 0 aromatic heterocycles. The smallest absolute Gasteiger partial charge is 0.312 e. The molecule has 0 heterocycles. The van der Waals surface area contributed by atoms with Crippen LogP contribution in [0.4, 0.5) is 10.1 Å². The Balaban J connectivity index is 2.10. The molecule has 3 nitrogen and oxygen atoms in total. The van der Waals surface area contributed by atoms with Gasteiger partial charge in [0.1, 0.15) is 5.82 Å². The highest BCUT2D eigenvalue weighted by atomic mass is 35.5. The van der Waals surface area contributed by atoms with Gasteiger partial charge in [-0.1, -0.05) is 41.9 Å². The molecule has 0 bridgehead atoms. The molecule has 2 rings (SSSR count). The average molecular weight is 294 g/mol. The molecule has 0 saturated carbocycles. The zero-order valence-electron chi connectivity index (χ0n) is 10.5. The van der Waals surface area contributed by atoms with Crippen LogP contribution in [0.25, 0.3) is 0 Å². The third kappa shape index (κ3) is 3.48. The second kappa shape index (κ2) is 6.39. The van der Waals surface area contributed by atoms with Gasteiger partial charge in [-0.25, -0.2) is 4.39 Å². The Hall–Kier alpha value is -2.07. The van der Waals surface area contributed by atoms with Gasteiger partial charge in [0.05, 0.1) is 10.9 Å². The molecule has 20 heavy (non-hydrogen) atoms.